The molecule has 6 nitrogen and oxygen atoms in total. The quantitative estimate of drug-likeness (QED) is 0.299. The molecule has 29 heavy (non-hydrogen) atoms. The molecule has 152 valence electrons. The fraction of sp³-hybridized carbons (Fsp3) is 0.348. The molecule has 2 aromatic rings. The Hall–Kier alpha value is -3.15. The molecule has 1 aliphatic carbocycles. The minimum atomic E-state index is -0.469. The van der Waals surface area contributed by atoms with Crippen molar-refractivity contribution in [3.63, 3.8) is 0 Å². The average Bonchev–Trinajstić information content (AvgIpc) is 3.53. The molecule has 0 saturated heterocycles. The Labute approximate surface area is 170 Å². The van der Waals surface area contributed by atoms with Crippen LogP contribution in [-0.4, -0.2) is 24.1 Å². The topological polar surface area (TPSA) is 78.7 Å². The Morgan fingerprint density at radius 3 is 2.52 bits per heavy atom. The van der Waals surface area contributed by atoms with E-state index in [-0.39, 0.29) is 18.2 Å². The van der Waals surface area contributed by atoms with Crippen molar-refractivity contribution in [3.05, 3.63) is 75.3 Å². The summed E-state index contributed by atoms with van der Waals surface area (Å²) in [6, 6.07) is 13.0. The normalized spacial score (nSPS) is 16.8. The number of ether oxygens (including phenoxy) is 2. The predicted molar refractivity (Wildman–Crippen MR) is 111 cm³/mol. The number of fused-ring (bicyclic) bond motifs is 1. The van der Waals surface area contributed by atoms with Crippen molar-refractivity contribution in [3.8, 4) is 5.75 Å². The zero-order valence-electron chi connectivity index (χ0n) is 16.7. The first-order valence-corrected chi connectivity index (χ1v) is 9.86. The molecular weight excluding hydrogens is 370 g/mol. The number of nitrogens with zero attached hydrogens (tertiary/aromatic N) is 1. The molecule has 0 bridgehead atoms. The molecular formula is C23H25NO5. The summed E-state index contributed by atoms with van der Waals surface area (Å²) in [6.07, 6.45) is 5.85. The zero-order valence-corrected chi connectivity index (χ0v) is 16.7. The molecule has 0 aromatic heterocycles. The second kappa shape index (κ2) is 9.37. The molecule has 0 spiro atoms. The summed E-state index contributed by atoms with van der Waals surface area (Å²) in [5, 5.41) is 11.5. The number of rotatable bonds is 5. The minimum absolute atomic E-state index is 0.0831. The van der Waals surface area contributed by atoms with Crippen LogP contribution in [0.5, 0.6) is 5.75 Å². The largest absolute Gasteiger partial charge is 0.486 e. The molecule has 1 aliphatic heterocycles. The molecule has 0 radical (unpaired) electrons. The Morgan fingerprint density at radius 2 is 1.93 bits per heavy atom. The third kappa shape index (κ3) is 5.22. The molecule has 1 atom stereocenters. The first-order chi connectivity index (χ1) is 14.0. The van der Waals surface area contributed by atoms with Crippen LogP contribution < -0.4 is 4.74 Å². The number of hydrogen-bond donors (Lipinski definition) is 0. The lowest BCUT2D eigenvalue weighted by atomic mass is 9.90. The van der Waals surface area contributed by atoms with Gasteiger partial charge in [0.15, 0.2) is 0 Å². The molecule has 1 fully saturated rings. The summed E-state index contributed by atoms with van der Waals surface area (Å²) in [7, 11) is 0. The van der Waals surface area contributed by atoms with Gasteiger partial charge in [0.2, 0.25) is 5.75 Å². The highest BCUT2D eigenvalue weighted by atomic mass is 16.6. The summed E-state index contributed by atoms with van der Waals surface area (Å²) in [5.41, 5.74) is 2.91. The van der Waals surface area contributed by atoms with Crippen molar-refractivity contribution in [1.29, 1.82) is 0 Å². The molecule has 1 saturated carbocycles. The van der Waals surface area contributed by atoms with Gasteiger partial charge in [0.05, 0.1) is 18.1 Å². The summed E-state index contributed by atoms with van der Waals surface area (Å²) >= 11 is 0. The van der Waals surface area contributed by atoms with Crippen LogP contribution >= 0.6 is 0 Å². The lowest BCUT2D eigenvalue weighted by Crippen LogP contribution is -2.02. The number of nitro benzene ring substituents is 1. The first-order valence-electron chi connectivity index (χ1n) is 9.86. The predicted octanol–water partition coefficient (Wildman–Crippen LogP) is 5.26. The smallest absolute Gasteiger partial charge is 0.331 e. The molecule has 1 heterocycles. The number of carbonyl (C=O) groups excluding carboxylic acids is 1. The highest BCUT2D eigenvalue weighted by Crippen LogP contribution is 2.45. The van der Waals surface area contributed by atoms with E-state index in [1.54, 1.807) is 13.8 Å². The van der Waals surface area contributed by atoms with Gasteiger partial charge in [0.25, 0.3) is 0 Å². The van der Waals surface area contributed by atoms with Crippen LogP contribution in [0.25, 0.3) is 5.57 Å². The summed E-state index contributed by atoms with van der Waals surface area (Å²) in [6.45, 7) is 4.08. The van der Waals surface area contributed by atoms with Crippen LogP contribution in [0.3, 0.4) is 0 Å². The highest BCUT2D eigenvalue weighted by Gasteiger charge is 2.33. The van der Waals surface area contributed by atoms with E-state index in [1.807, 2.05) is 36.4 Å². The molecule has 4 rings (SSSR count). The molecule has 2 aliphatic rings. The molecule has 0 amide bonds. The van der Waals surface area contributed by atoms with Gasteiger partial charge in [-0.15, -0.1) is 0 Å². The van der Waals surface area contributed by atoms with E-state index < -0.39 is 10.9 Å². The summed E-state index contributed by atoms with van der Waals surface area (Å²) in [5.74, 6) is -0.249. The van der Waals surface area contributed by atoms with E-state index in [2.05, 4.69) is 0 Å². The number of carbonyl (C=O) groups is 1. The van der Waals surface area contributed by atoms with E-state index in [4.69, 9.17) is 9.47 Å². The van der Waals surface area contributed by atoms with E-state index in [9.17, 15) is 14.9 Å². The van der Waals surface area contributed by atoms with E-state index in [1.165, 1.54) is 31.4 Å². The second-order valence-electron chi connectivity index (χ2n) is 7.09. The maximum atomic E-state index is 11.7. The minimum Gasteiger partial charge on any atom is -0.486 e. The van der Waals surface area contributed by atoms with Crippen molar-refractivity contribution in [2.24, 2.45) is 0 Å². The van der Waals surface area contributed by atoms with Gasteiger partial charge in [0.1, 0.15) is 0 Å². The fourth-order valence-electron chi connectivity index (χ4n) is 3.08. The second-order valence-corrected chi connectivity index (χ2v) is 7.09. The van der Waals surface area contributed by atoms with Crippen molar-refractivity contribution < 1.29 is 19.2 Å². The van der Waals surface area contributed by atoms with Crippen molar-refractivity contribution >= 4 is 17.2 Å². The van der Waals surface area contributed by atoms with Crippen molar-refractivity contribution in [2.75, 3.05) is 13.2 Å². The molecule has 6 heteroatoms. The highest BCUT2D eigenvalue weighted by molar-refractivity contribution is 5.91. The molecule has 1 unspecified atom stereocenters. The fourth-order valence-corrected chi connectivity index (χ4v) is 3.08. The van der Waals surface area contributed by atoms with Crippen LogP contribution in [0.2, 0.25) is 0 Å². The Morgan fingerprint density at radius 1 is 1.24 bits per heavy atom. The van der Waals surface area contributed by atoms with E-state index >= 15 is 0 Å². The number of allylic oxidation sites excluding steroid dienone is 1. The van der Waals surface area contributed by atoms with Crippen molar-refractivity contribution in [1.82, 2.24) is 0 Å². The maximum absolute atomic E-state index is 11.7. The number of nitro groups is 1. The lowest BCUT2D eigenvalue weighted by molar-refractivity contribution is -0.385. The van der Waals surface area contributed by atoms with Gasteiger partial charge in [-0.3, -0.25) is 10.1 Å². The molecule has 0 N–H and O–H groups in total. The zero-order chi connectivity index (χ0) is 20.8. The Bertz CT molecular complexity index is 916. The third-order valence-electron chi connectivity index (χ3n) is 4.70. The van der Waals surface area contributed by atoms with Crippen LogP contribution in [0.1, 0.15) is 55.7 Å². The number of benzene rings is 2. The maximum Gasteiger partial charge on any atom is 0.331 e. The van der Waals surface area contributed by atoms with Gasteiger partial charge in [-0.05, 0) is 36.6 Å². The Kier molecular flexibility index (Phi) is 6.65. The van der Waals surface area contributed by atoms with Gasteiger partial charge in [-0.1, -0.05) is 49.6 Å². The van der Waals surface area contributed by atoms with E-state index in [0.717, 1.165) is 11.1 Å². The van der Waals surface area contributed by atoms with Crippen LogP contribution in [0.15, 0.2) is 48.5 Å². The third-order valence-corrected chi connectivity index (χ3v) is 4.70. The standard InChI is InChI=1S/C20H19NO5.C3H6/c1-3-25-19(22)9-13(2)15-10-16-17(14-7-5-4-6-8-14)12-26-20(16)18(11-15)21(23)24;1-2-3-1/h4-11,17H,3,12H2,1-2H3;1-3H2/b13-9+;. The number of hydrogen-bond acceptors (Lipinski definition) is 5. The number of esters is 1. The monoisotopic (exact) mass is 395 g/mol. The van der Waals surface area contributed by atoms with Crippen LogP contribution in [0, 0.1) is 10.1 Å². The molecule has 2 aromatic carbocycles. The van der Waals surface area contributed by atoms with Gasteiger partial charge in [0, 0.05) is 23.6 Å². The van der Waals surface area contributed by atoms with Crippen molar-refractivity contribution in [2.45, 2.75) is 39.0 Å². The average molecular weight is 395 g/mol. The first kappa shape index (κ1) is 20.6. The van der Waals surface area contributed by atoms with Gasteiger partial charge < -0.3 is 9.47 Å². The summed E-state index contributed by atoms with van der Waals surface area (Å²) < 4.78 is 10.6. The SMILES string of the molecule is C1CC1.CCOC(=O)/C=C(\C)c1cc2c(c([N+](=O)[O-])c1)OCC2c1ccccc1. The van der Waals surface area contributed by atoms with E-state index in [0.29, 0.717) is 23.5 Å². The van der Waals surface area contributed by atoms with Gasteiger partial charge in [-0.2, -0.15) is 0 Å². The van der Waals surface area contributed by atoms with Gasteiger partial charge in [-0.25, -0.2) is 4.79 Å². The lowest BCUT2D eigenvalue weighted by Gasteiger charge is -2.11. The summed E-state index contributed by atoms with van der Waals surface area (Å²) in [4.78, 5) is 22.8. The van der Waals surface area contributed by atoms with Gasteiger partial charge >= 0.3 is 11.7 Å². The van der Waals surface area contributed by atoms with Crippen LogP contribution in [0.4, 0.5) is 5.69 Å². The van der Waals surface area contributed by atoms with Crippen LogP contribution in [-0.2, 0) is 9.53 Å². The Balaban J connectivity index is 0.000000732.